The fourth-order valence-corrected chi connectivity index (χ4v) is 3.96. The van der Waals surface area contributed by atoms with Gasteiger partial charge in [-0.2, -0.15) is 0 Å². The largest absolute Gasteiger partial charge is 0.383 e. The molecule has 0 amide bonds. The molecule has 0 aromatic rings. The average molecular weight is 284 g/mol. The number of ether oxygens (including phenoxy) is 1. The number of methoxy groups -OCH3 is 1. The minimum absolute atomic E-state index is 0.629. The molecule has 0 aliphatic heterocycles. The van der Waals surface area contributed by atoms with E-state index in [1.165, 1.54) is 19.3 Å². The Labute approximate surface area is 126 Å². The van der Waals surface area contributed by atoms with Crippen LogP contribution in [-0.4, -0.2) is 49.8 Å². The van der Waals surface area contributed by atoms with E-state index < -0.39 is 0 Å². The standard InChI is InChI=1S/C17H36N2O/c1-7-15(5)19(9-10-20-6)17-14(4)11-13(3)12-16(17)18-8-2/h13-18H,7-12H2,1-6H3. The SMILES string of the molecule is CCNC1CC(C)CC(C)C1N(CCOC)C(C)CC. The van der Waals surface area contributed by atoms with Crippen LogP contribution in [0, 0.1) is 11.8 Å². The summed E-state index contributed by atoms with van der Waals surface area (Å²) in [5, 5.41) is 3.75. The lowest BCUT2D eigenvalue weighted by molar-refractivity contribution is 0.0166. The molecule has 1 aliphatic rings. The van der Waals surface area contributed by atoms with Crippen molar-refractivity contribution in [3.05, 3.63) is 0 Å². The minimum atomic E-state index is 0.629. The van der Waals surface area contributed by atoms with Gasteiger partial charge in [-0.1, -0.05) is 27.7 Å². The van der Waals surface area contributed by atoms with Crippen molar-refractivity contribution in [3.8, 4) is 0 Å². The molecular formula is C17H36N2O. The van der Waals surface area contributed by atoms with Crippen molar-refractivity contribution >= 4 is 0 Å². The van der Waals surface area contributed by atoms with Gasteiger partial charge in [0.25, 0.3) is 0 Å². The van der Waals surface area contributed by atoms with Crippen molar-refractivity contribution < 1.29 is 4.74 Å². The summed E-state index contributed by atoms with van der Waals surface area (Å²) in [6.45, 7) is 14.7. The van der Waals surface area contributed by atoms with Crippen LogP contribution in [0.25, 0.3) is 0 Å². The highest BCUT2D eigenvalue weighted by Crippen LogP contribution is 2.33. The van der Waals surface area contributed by atoms with E-state index in [1.54, 1.807) is 0 Å². The molecule has 1 rings (SSSR count). The Morgan fingerprint density at radius 3 is 2.50 bits per heavy atom. The molecule has 120 valence electrons. The predicted octanol–water partition coefficient (Wildman–Crippen LogP) is 3.15. The molecule has 0 aromatic heterocycles. The Bertz CT molecular complexity index is 259. The zero-order valence-corrected chi connectivity index (χ0v) is 14.5. The van der Waals surface area contributed by atoms with E-state index in [0.717, 1.165) is 31.5 Å². The molecule has 1 aliphatic carbocycles. The molecule has 0 spiro atoms. The molecule has 3 nitrogen and oxygen atoms in total. The Balaban J connectivity index is 2.86. The molecule has 1 N–H and O–H groups in total. The number of nitrogens with zero attached hydrogens (tertiary/aromatic N) is 1. The monoisotopic (exact) mass is 284 g/mol. The van der Waals surface area contributed by atoms with Crippen LogP contribution >= 0.6 is 0 Å². The molecule has 3 heteroatoms. The molecule has 20 heavy (non-hydrogen) atoms. The first-order chi connectivity index (χ1) is 9.54. The number of hydrogen-bond donors (Lipinski definition) is 1. The third-order valence-electron chi connectivity index (χ3n) is 4.99. The summed E-state index contributed by atoms with van der Waals surface area (Å²) >= 11 is 0. The summed E-state index contributed by atoms with van der Waals surface area (Å²) in [5.74, 6) is 1.60. The van der Waals surface area contributed by atoms with Crippen molar-refractivity contribution in [2.45, 2.75) is 72.0 Å². The summed E-state index contributed by atoms with van der Waals surface area (Å²) < 4.78 is 5.35. The van der Waals surface area contributed by atoms with Gasteiger partial charge in [0.15, 0.2) is 0 Å². The Kier molecular flexibility index (Phi) is 8.08. The molecule has 0 bridgehead atoms. The topological polar surface area (TPSA) is 24.5 Å². The number of likely N-dealkylation sites (N-methyl/N-ethyl adjacent to an activating group) is 1. The second-order valence-corrected chi connectivity index (χ2v) is 6.70. The van der Waals surface area contributed by atoms with Gasteiger partial charge >= 0.3 is 0 Å². The Morgan fingerprint density at radius 1 is 1.25 bits per heavy atom. The van der Waals surface area contributed by atoms with E-state index in [2.05, 4.69) is 44.8 Å². The van der Waals surface area contributed by atoms with Crippen LogP contribution in [-0.2, 0) is 4.74 Å². The van der Waals surface area contributed by atoms with Gasteiger partial charge in [0.05, 0.1) is 6.61 Å². The zero-order valence-electron chi connectivity index (χ0n) is 14.5. The van der Waals surface area contributed by atoms with Gasteiger partial charge < -0.3 is 10.1 Å². The van der Waals surface area contributed by atoms with Crippen LogP contribution in [0.15, 0.2) is 0 Å². The lowest BCUT2D eigenvalue weighted by Crippen LogP contribution is -2.59. The minimum Gasteiger partial charge on any atom is -0.383 e. The van der Waals surface area contributed by atoms with Gasteiger partial charge in [-0.3, -0.25) is 4.90 Å². The van der Waals surface area contributed by atoms with E-state index in [1.807, 2.05) is 7.11 Å². The smallest absolute Gasteiger partial charge is 0.0589 e. The number of hydrogen-bond acceptors (Lipinski definition) is 3. The molecule has 0 aromatic carbocycles. The summed E-state index contributed by atoms with van der Waals surface area (Å²) in [7, 11) is 1.81. The fraction of sp³-hybridized carbons (Fsp3) is 1.00. The van der Waals surface area contributed by atoms with Crippen LogP contribution in [0.5, 0.6) is 0 Å². The summed E-state index contributed by atoms with van der Waals surface area (Å²) in [5.41, 5.74) is 0. The lowest BCUT2D eigenvalue weighted by atomic mass is 9.75. The maximum atomic E-state index is 5.35. The fourth-order valence-electron chi connectivity index (χ4n) is 3.96. The van der Waals surface area contributed by atoms with Crippen molar-refractivity contribution in [3.63, 3.8) is 0 Å². The van der Waals surface area contributed by atoms with Gasteiger partial charge in [0.1, 0.15) is 0 Å². The summed E-state index contributed by atoms with van der Waals surface area (Å²) in [6, 6.07) is 1.91. The quantitative estimate of drug-likeness (QED) is 0.741. The second-order valence-electron chi connectivity index (χ2n) is 6.70. The third-order valence-corrected chi connectivity index (χ3v) is 4.99. The molecule has 0 heterocycles. The highest BCUT2D eigenvalue weighted by atomic mass is 16.5. The van der Waals surface area contributed by atoms with Crippen molar-refractivity contribution in [1.82, 2.24) is 10.2 Å². The van der Waals surface area contributed by atoms with Gasteiger partial charge in [0, 0.05) is 31.8 Å². The van der Waals surface area contributed by atoms with Crippen molar-refractivity contribution in [2.75, 3.05) is 26.8 Å². The van der Waals surface area contributed by atoms with E-state index in [0.29, 0.717) is 18.1 Å². The maximum Gasteiger partial charge on any atom is 0.0589 e. The zero-order chi connectivity index (χ0) is 15.1. The van der Waals surface area contributed by atoms with Crippen LogP contribution < -0.4 is 5.32 Å². The molecule has 0 saturated heterocycles. The van der Waals surface area contributed by atoms with Gasteiger partial charge in [-0.05, 0) is 44.6 Å². The first-order valence-electron chi connectivity index (χ1n) is 8.53. The molecule has 1 saturated carbocycles. The maximum absolute atomic E-state index is 5.35. The second kappa shape index (κ2) is 9.01. The average Bonchev–Trinajstić information content (AvgIpc) is 2.41. The van der Waals surface area contributed by atoms with Gasteiger partial charge in [0.2, 0.25) is 0 Å². The van der Waals surface area contributed by atoms with Crippen LogP contribution in [0.4, 0.5) is 0 Å². The molecule has 1 fully saturated rings. The van der Waals surface area contributed by atoms with Crippen LogP contribution in [0.3, 0.4) is 0 Å². The van der Waals surface area contributed by atoms with E-state index >= 15 is 0 Å². The molecular weight excluding hydrogens is 248 g/mol. The van der Waals surface area contributed by atoms with Gasteiger partial charge in [-0.25, -0.2) is 0 Å². The van der Waals surface area contributed by atoms with Gasteiger partial charge in [-0.15, -0.1) is 0 Å². The number of rotatable bonds is 8. The Hall–Kier alpha value is -0.120. The normalized spacial score (nSPS) is 32.5. The Morgan fingerprint density at radius 2 is 1.95 bits per heavy atom. The third kappa shape index (κ3) is 4.71. The highest BCUT2D eigenvalue weighted by Gasteiger charge is 2.38. The number of nitrogens with one attached hydrogen (secondary N) is 1. The molecule has 5 unspecified atom stereocenters. The molecule has 5 atom stereocenters. The summed E-state index contributed by atoms with van der Waals surface area (Å²) in [6.07, 6.45) is 3.87. The van der Waals surface area contributed by atoms with Crippen molar-refractivity contribution in [1.29, 1.82) is 0 Å². The highest BCUT2D eigenvalue weighted by molar-refractivity contribution is 4.95. The van der Waals surface area contributed by atoms with E-state index in [9.17, 15) is 0 Å². The lowest BCUT2D eigenvalue weighted by Gasteiger charge is -2.48. The van der Waals surface area contributed by atoms with E-state index in [-0.39, 0.29) is 0 Å². The first-order valence-corrected chi connectivity index (χ1v) is 8.53. The molecule has 0 radical (unpaired) electrons. The van der Waals surface area contributed by atoms with E-state index in [4.69, 9.17) is 4.74 Å². The predicted molar refractivity (Wildman–Crippen MR) is 87.1 cm³/mol. The first kappa shape index (κ1) is 17.9. The van der Waals surface area contributed by atoms with Crippen molar-refractivity contribution in [2.24, 2.45) is 11.8 Å². The summed E-state index contributed by atoms with van der Waals surface area (Å²) in [4.78, 5) is 2.70. The van der Waals surface area contributed by atoms with Crippen LogP contribution in [0.2, 0.25) is 0 Å². The van der Waals surface area contributed by atoms with Crippen LogP contribution in [0.1, 0.15) is 53.9 Å².